The Morgan fingerprint density at radius 1 is 1.31 bits per heavy atom. The molecule has 0 saturated carbocycles. The molecule has 4 rings (SSSR count). The number of likely N-dealkylation sites (tertiary alicyclic amines) is 1. The zero-order valence-electron chi connectivity index (χ0n) is 14.9. The third-order valence-electron chi connectivity index (χ3n) is 5.21. The minimum absolute atomic E-state index is 0.00468. The number of carbonyl (C=O) groups is 1. The number of carbonyl (C=O) groups excluding carboxylic acids is 1. The van der Waals surface area contributed by atoms with Gasteiger partial charge in [-0.2, -0.15) is 0 Å². The minimum Gasteiger partial charge on any atom is -0.351 e. The van der Waals surface area contributed by atoms with E-state index in [1.807, 2.05) is 23.7 Å². The molecular weight excluding hydrogens is 342 g/mol. The monoisotopic (exact) mass is 365 g/mol. The lowest BCUT2D eigenvalue weighted by molar-refractivity contribution is 0.0950. The van der Waals surface area contributed by atoms with Gasteiger partial charge in [0, 0.05) is 25.2 Å². The van der Waals surface area contributed by atoms with Crippen LogP contribution < -0.4 is 5.32 Å². The van der Waals surface area contributed by atoms with E-state index in [1.165, 1.54) is 17.5 Å². The summed E-state index contributed by atoms with van der Waals surface area (Å²) in [5, 5.41) is 3.05. The number of nitrogens with one attached hydrogen (secondary N) is 1. The predicted octanol–water partition coefficient (Wildman–Crippen LogP) is 3.82. The average Bonchev–Trinajstić information content (AvgIpc) is 3.30. The Balaban J connectivity index is 1.28. The molecule has 0 radical (unpaired) electrons. The van der Waals surface area contributed by atoms with Crippen molar-refractivity contribution in [3.8, 4) is 0 Å². The number of nitrogens with zero attached hydrogens (tertiary/aromatic N) is 2. The van der Waals surface area contributed by atoms with Crippen LogP contribution in [-0.2, 0) is 0 Å². The number of thiazole rings is 1. The van der Waals surface area contributed by atoms with E-state index in [4.69, 9.17) is 0 Å². The number of aryl methyl sites for hydroxylation is 1. The molecule has 0 unspecified atom stereocenters. The molecule has 134 valence electrons. The largest absolute Gasteiger partial charge is 0.351 e. The highest BCUT2D eigenvalue weighted by atomic mass is 32.1. The van der Waals surface area contributed by atoms with Gasteiger partial charge in [0.2, 0.25) is 0 Å². The maximum atomic E-state index is 12.4. The second-order valence-electron chi connectivity index (χ2n) is 6.93. The van der Waals surface area contributed by atoms with E-state index in [-0.39, 0.29) is 5.91 Å². The van der Waals surface area contributed by atoms with Crippen LogP contribution in [0.1, 0.15) is 33.8 Å². The Morgan fingerprint density at radius 3 is 3.08 bits per heavy atom. The molecule has 1 amide bonds. The van der Waals surface area contributed by atoms with Crippen molar-refractivity contribution < 1.29 is 4.79 Å². The van der Waals surface area contributed by atoms with Crippen LogP contribution in [0, 0.1) is 6.92 Å². The molecule has 1 aromatic heterocycles. The first-order valence-corrected chi connectivity index (χ1v) is 9.98. The lowest BCUT2D eigenvalue weighted by Crippen LogP contribution is -2.33. The van der Waals surface area contributed by atoms with Crippen molar-refractivity contribution in [3.63, 3.8) is 0 Å². The van der Waals surface area contributed by atoms with Crippen molar-refractivity contribution in [1.82, 2.24) is 15.2 Å². The fourth-order valence-electron chi connectivity index (χ4n) is 3.76. The molecule has 0 bridgehead atoms. The molecular formula is C21H23N3OS. The molecule has 1 atom stereocenters. The number of fused-ring (bicyclic) bond motifs is 1. The Morgan fingerprint density at radius 2 is 2.19 bits per heavy atom. The molecule has 1 fully saturated rings. The molecule has 1 saturated heterocycles. The Bertz CT molecular complexity index is 920. The summed E-state index contributed by atoms with van der Waals surface area (Å²) in [6.45, 7) is 5.95. The molecule has 26 heavy (non-hydrogen) atoms. The normalized spacial score (nSPS) is 17.7. The number of hydrogen-bond donors (Lipinski definition) is 1. The molecule has 1 N–H and O–H groups in total. The molecule has 2 heterocycles. The van der Waals surface area contributed by atoms with Gasteiger partial charge in [-0.1, -0.05) is 24.3 Å². The standard InChI is InChI=1S/C21H23N3OS/c1-15-4-2-3-5-18(15)17-8-10-24(13-17)11-9-22-21(25)16-6-7-19-20(12-16)26-14-23-19/h2-7,12,14,17H,8-11,13H2,1H3,(H,22,25)/t17-/m1/s1. The van der Waals surface area contributed by atoms with Crippen LogP contribution in [0.2, 0.25) is 0 Å². The van der Waals surface area contributed by atoms with Crippen LogP contribution >= 0.6 is 11.3 Å². The topological polar surface area (TPSA) is 45.2 Å². The molecule has 3 aromatic rings. The van der Waals surface area contributed by atoms with E-state index in [0.717, 1.165) is 29.9 Å². The molecule has 1 aliphatic heterocycles. The Kier molecular flexibility index (Phi) is 5.00. The first kappa shape index (κ1) is 17.2. The van der Waals surface area contributed by atoms with E-state index >= 15 is 0 Å². The molecule has 4 nitrogen and oxygen atoms in total. The van der Waals surface area contributed by atoms with Gasteiger partial charge in [0.15, 0.2) is 0 Å². The van der Waals surface area contributed by atoms with Crippen molar-refractivity contribution in [3.05, 3.63) is 64.7 Å². The summed E-state index contributed by atoms with van der Waals surface area (Å²) < 4.78 is 1.05. The van der Waals surface area contributed by atoms with Gasteiger partial charge in [-0.25, -0.2) is 4.98 Å². The molecule has 5 heteroatoms. The second-order valence-corrected chi connectivity index (χ2v) is 7.82. The smallest absolute Gasteiger partial charge is 0.251 e. The number of amides is 1. The Labute approximate surface area is 157 Å². The number of rotatable bonds is 5. The predicted molar refractivity (Wildman–Crippen MR) is 107 cm³/mol. The third-order valence-corrected chi connectivity index (χ3v) is 6.00. The highest BCUT2D eigenvalue weighted by molar-refractivity contribution is 7.16. The van der Waals surface area contributed by atoms with Gasteiger partial charge < -0.3 is 10.2 Å². The number of benzene rings is 2. The van der Waals surface area contributed by atoms with Crippen LogP contribution in [0.4, 0.5) is 0 Å². The highest BCUT2D eigenvalue weighted by Gasteiger charge is 2.24. The van der Waals surface area contributed by atoms with Crippen LogP contribution in [-0.4, -0.2) is 42.0 Å². The van der Waals surface area contributed by atoms with E-state index in [1.54, 1.807) is 11.3 Å². The fraction of sp³-hybridized carbons (Fsp3) is 0.333. The van der Waals surface area contributed by atoms with Crippen LogP contribution in [0.5, 0.6) is 0 Å². The summed E-state index contributed by atoms with van der Waals surface area (Å²) in [6.07, 6.45) is 1.20. The van der Waals surface area contributed by atoms with Crippen molar-refractivity contribution in [2.45, 2.75) is 19.3 Å². The molecule has 0 spiro atoms. The lowest BCUT2D eigenvalue weighted by atomic mass is 9.94. The van der Waals surface area contributed by atoms with Gasteiger partial charge in [0.05, 0.1) is 15.7 Å². The quantitative estimate of drug-likeness (QED) is 0.747. The van der Waals surface area contributed by atoms with Gasteiger partial charge in [-0.05, 0) is 55.1 Å². The van der Waals surface area contributed by atoms with Gasteiger partial charge >= 0.3 is 0 Å². The van der Waals surface area contributed by atoms with Crippen LogP contribution in [0.25, 0.3) is 10.2 Å². The summed E-state index contributed by atoms with van der Waals surface area (Å²) >= 11 is 1.56. The summed E-state index contributed by atoms with van der Waals surface area (Å²) in [6, 6.07) is 14.4. The van der Waals surface area contributed by atoms with E-state index in [9.17, 15) is 4.79 Å². The fourth-order valence-corrected chi connectivity index (χ4v) is 4.48. The maximum Gasteiger partial charge on any atom is 0.251 e. The van der Waals surface area contributed by atoms with Gasteiger partial charge in [-0.15, -0.1) is 11.3 Å². The summed E-state index contributed by atoms with van der Waals surface area (Å²) in [4.78, 5) is 19.1. The van der Waals surface area contributed by atoms with Crippen molar-refractivity contribution >= 4 is 27.5 Å². The lowest BCUT2D eigenvalue weighted by Gasteiger charge is -2.17. The van der Waals surface area contributed by atoms with Gasteiger partial charge in [-0.3, -0.25) is 4.79 Å². The van der Waals surface area contributed by atoms with Crippen molar-refractivity contribution in [2.75, 3.05) is 26.2 Å². The van der Waals surface area contributed by atoms with Gasteiger partial charge in [0.1, 0.15) is 0 Å². The summed E-state index contributed by atoms with van der Waals surface area (Å²) in [5.74, 6) is 0.607. The first-order valence-electron chi connectivity index (χ1n) is 9.10. The second kappa shape index (κ2) is 7.56. The molecule has 1 aliphatic rings. The van der Waals surface area contributed by atoms with Gasteiger partial charge in [0.25, 0.3) is 5.91 Å². The Hall–Kier alpha value is -2.24. The zero-order valence-corrected chi connectivity index (χ0v) is 15.8. The van der Waals surface area contributed by atoms with Crippen molar-refractivity contribution in [1.29, 1.82) is 0 Å². The van der Waals surface area contributed by atoms with E-state index in [2.05, 4.69) is 46.4 Å². The first-order chi connectivity index (χ1) is 12.7. The number of hydrogen-bond acceptors (Lipinski definition) is 4. The van der Waals surface area contributed by atoms with E-state index in [0.29, 0.717) is 18.0 Å². The third kappa shape index (κ3) is 3.64. The van der Waals surface area contributed by atoms with Crippen LogP contribution in [0.15, 0.2) is 48.0 Å². The average molecular weight is 366 g/mol. The molecule has 2 aromatic carbocycles. The SMILES string of the molecule is Cc1ccccc1[C@@H]1CCN(CCNC(=O)c2ccc3ncsc3c2)C1. The summed E-state index contributed by atoms with van der Waals surface area (Å²) in [5.41, 5.74) is 6.32. The van der Waals surface area contributed by atoms with Crippen molar-refractivity contribution in [2.24, 2.45) is 0 Å². The van der Waals surface area contributed by atoms with Crippen LogP contribution in [0.3, 0.4) is 0 Å². The molecule has 0 aliphatic carbocycles. The minimum atomic E-state index is -0.00468. The van der Waals surface area contributed by atoms with E-state index < -0.39 is 0 Å². The number of aromatic nitrogens is 1. The maximum absolute atomic E-state index is 12.4. The summed E-state index contributed by atoms with van der Waals surface area (Å²) in [7, 11) is 0. The highest BCUT2D eigenvalue weighted by Crippen LogP contribution is 2.28. The zero-order chi connectivity index (χ0) is 17.9.